The van der Waals surface area contributed by atoms with Crippen LogP contribution in [0.2, 0.25) is 0 Å². The number of fused-ring (bicyclic) bond motifs is 1. The molecule has 6 nitrogen and oxygen atoms in total. The van der Waals surface area contributed by atoms with Crippen molar-refractivity contribution in [3.05, 3.63) is 59.4 Å². The van der Waals surface area contributed by atoms with Crippen molar-refractivity contribution in [3.8, 4) is 11.3 Å². The number of aromatic nitrogens is 1. The lowest BCUT2D eigenvalue weighted by Crippen LogP contribution is -2.64. The Kier molecular flexibility index (Phi) is 5.75. The Morgan fingerprint density at radius 3 is 2.47 bits per heavy atom. The van der Waals surface area contributed by atoms with E-state index in [1.807, 2.05) is 0 Å². The first-order valence-corrected chi connectivity index (χ1v) is 12.7. The average Bonchev–Trinajstić information content (AvgIpc) is 3.10. The quantitative estimate of drug-likeness (QED) is 0.465. The lowest BCUT2D eigenvalue weighted by Gasteiger charge is -2.48. The van der Waals surface area contributed by atoms with Gasteiger partial charge in [0.2, 0.25) is 0 Å². The number of hydrogen-bond acceptors (Lipinski definition) is 3. The van der Waals surface area contributed by atoms with Crippen LogP contribution in [-0.2, 0) is 10.2 Å². The zero-order valence-electron chi connectivity index (χ0n) is 18.6. The number of nitrogens with zero attached hydrogens (tertiary/aromatic N) is 1. The van der Waals surface area contributed by atoms with Gasteiger partial charge in [-0.25, -0.2) is 17.9 Å². The molecule has 5 rings (SSSR count). The molecule has 182 valence electrons. The van der Waals surface area contributed by atoms with Crippen LogP contribution < -0.4 is 4.72 Å². The monoisotopic (exact) mass is 493 g/mol. The number of aliphatic hydroxyl groups excluding tert-OH is 1. The van der Waals surface area contributed by atoms with E-state index < -0.39 is 33.2 Å². The first-order valence-electron chi connectivity index (χ1n) is 11.3. The minimum Gasteiger partial charge on any atom is -0.394 e. The second-order valence-corrected chi connectivity index (χ2v) is 11.3. The zero-order valence-corrected chi connectivity index (χ0v) is 19.4. The summed E-state index contributed by atoms with van der Waals surface area (Å²) in [6.45, 7) is 2.08. The maximum Gasteiger partial charge on any atom is 0.280 e. The number of hydrogen-bond donors (Lipinski definition) is 3. The molecule has 10 heteroatoms. The van der Waals surface area contributed by atoms with Crippen LogP contribution in [0.15, 0.2) is 36.4 Å². The smallest absolute Gasteiger partial charge is 0.280 e. The standard InChI is InChI=1S/C24H26F3N3O3S/c1-24(13-31)6-7-30(24)34(32,33)28-12-14-8-16(9-14)21-19-10-18(26)11-20(27)23(19)29-22(21)15-2-4-17(25)5-3-15/h2-5,10-11,14,16,28-29,31H,6-9,12-13H2,1H3/t14-,16-,24?. The molecule has 1 unspecified atom stereocenters. The highest BCUT2D eigenvalue weighted by atomic mass is 32.2. The van der Waals surface area contributed by atoms with Gasteiger partial charge in [-0.05, 0) is 79.5 Å². The van der Waals surface area contributed by atoms with E-state index in [-0.39, 0.29) is 30.5 Å². The third-order valence-electron chi connectivity index (χ3n) is 7.28. The summed E-state index contributed by atoms with van der Waals surface area (Å²) < 4.78 is 71.2. The summed E-state index contributed by atoms with van der Waals surface area (Å²) in [5, 5.41) is 9.95. The molecule has 2 fully saturated rings. The van der Waals surface area contributed by atoms with Crippen molar-refractivity contribution in [1.82, 2.24) is 14.0 Å². The first kappa shape index (κ1) is 23.3. The van der Waals surface area contributed by atoms with E-state index in [1.165, 1.54) is 22.5 Å². The predicted molar refractivity (Wildman–Crippen MR) is 123 cm³/mol. The van der Waals surface area contributed by atoms with Crippen molar-refractivity contribution >= 4 is 21.1 Å². The van der Waals surface area contributed by atoms with Crippen LogP contribution in [-0.4, -0.2) is 48.0 Å². The molecule has 2 heterocycles. The molecule has 0 radical (unpaired) electrons. The Balaban J connectivity index is 1.36. The minimum absolute atomic E-state index is 0.0313. The molecule has 1 aliphatic heterocycles. The summed E-state index contributed by atoms with van der Waals surface area (Å²) >= 11 is 0. The molecule has 1 saturated carbocycles. The van der Waals surface area contributed by atoms with Gasteiger partial charge in [-0.2, -0.15) is 12.7 Å². The number of benzene rings is 2. The van der Waals surface area contributed by atoms with Crippen LogP contribution in [0, 0.1) is 23.4 Å². The Morgan fingerprint density at radius 2 is 1.85 bits per heavy atom. The van der Waals surface area contributed by atoms with E-state index in [0.717, 1.165) is 11.6 Å². The molecule has 3 aromatic rings. The molecule has 0 spiro atoms. The van der Waals surface area contributed by atoms with Crippen molar-refractivity contribution in [3.63, 3.8) is 0 Å². The van der Waals surface area contributed by atoms with Crippen LogP contribution in [0.1, 0.15) is 37.7 Å². The number of rotatable bonds is 7. The van der Waals surface area contributed by atoms with E-state index in [1.54, 1.807) is 19.1 Å². The van der Waals surface area contributed by atoms with Gasteiger partial charge < -0.3 is 10.1 Å². The van der Waals surface area contributed by atoms with E-state index in [9.17, 15) is 26.7 Å². The molecular formula is C24H26F3N3O3S. The summed E-state index contributed by atoms with van der Waals surface area (Å²) in [5.41, 5.74) is 1.46. The molecule has 34 heavy (non-hydrogen) atoms. The van der Waals surface area contributed by atoms with Crippen LogP contribution >= 0.6 is 0 Å². The van der Waals surface area contributed by atoms with Crippen LogP contribution in [0.25, 0.3) is 22.2 Å². The van der Waals surface area contributed by atoms with Crippen molar-refractivity contribution < 1.29 is 26.7 Å². The second-order valence-electron chi connectivity index (χ2n) is 9.60. The SMILES string of the molecule is CC1(CO)CCN1S(=O)(=O)NC[C@H]1C[C@H](c2c(-c3ccc(F)cc3)[nH]c3c(F)cc(F)cc32)C1. The number of H-pyrrole nitrogens is 1. The zero-order chi connectivity index (χ0) is 24.3. The fourth-order valence-electron chi connectivity index (χ4n) is 5.10. The molecule has 1 saturated heterocycles. The molecule has 1 aliphatic carbocycles. The average molecular weight is 494 g/mol. The Labute approximate surface area is 196 Å². The Hall–Kier alpha value is -2.40. The second kappa shape index (κ2) is 8.37. The van der Waals surface area contributed by atoms with Gasteiger partial charge >= 0.3 is 0 Å². The molecule has 2 aliphatic rings. The van der Waals surface area contributed by atoms with Crippen molar-refractivity contribution in [1.29, 1.82) is 0 Å². The van der Waals surface area contributed by atoms with Crippen molar-refractivity contribution in [2.75, 3.05) is 19.7 Å². The lowest BCUT2D eigenvalue weighted by atomic mass is 9.70. The van der Waals surface area contributed by atoms with Crippen molar-refractivity contribution in [2.45, 2.75) is 37.6 Å². The summed E-state index contributed by atoms with van der Waals surface area (Å²) in [7, 11) is -3.70. The Bertz CT molecular complexity index is 1330. The van der Waals surface area contributed by atoms with Crippen LogP contribution in [0.5, 0.6) is 0 Å². The molecule has 1 aromatic heterocycles. The summed E-state index contributed by atoms with van der Waals surface area (Å²) in [6, 6.07) is 7.94. The highest BCUT2D eigenvalue weighted by molar-refractivity contribution is 7.87. The van der Waals surface area contributed by atoms with Gasteiger partial charge in [0.25, 0.3) is 10.2 Å². The van der Waals surface area contributed by atoms with E-state index in [4.69, 9.17) is 0 Å². The van der Waals surface area contributed by atoms with Gasteiger partial charge in [0.15, 0.2) is 0 Å². The molecule has 1 atom stereocenters. The van der Waals surface area contributed by atoms with Gasteiger partial charge in [0, 0.05) is 24.5 Å². The summed E-state index contributed by atoms with van der Waals surface area (Å²) in [6.07, 6.45) is 1.88. The first-order chi connectivity index (χ1) is 16.1. The highest BCUT2D eigenvalue weighted by Crippen LogP contribution is 2.48. The third kappa shape index (κ3) is 3.92. The number of aromatic amines is 1. The largest absolute Gasteiger partial charge is 0.394 e. The highest BCUT2D eigenvalue weighted by Gasteiger charge is 2.47. The fraction of sp³-hybridized carbons (Fsp3) is 0.417. The molecule has 2 aromatic carbocycles. The molecular weight excluding hydrogens is 467 g/mol. The molecule has 0 bridgehead atoms. The van der Waals surface area contributed by atoms with Crippen LogP contribution in [0.3, 0.4) is 0 Å². The number of halogens is 3. The van der Waals surface area contributed by atoms with Crippen LogP contribution in [0.4, 0.5) is 13.2 Å². The number of nitrogens with one attached hydrogen (secondary N) is 2. The van der Waals surface area contributed by atoms with E-state index >= 15 is 0 Å². The van der Waals surface area contributed by atoms with Gasteiger partial charge in [-0.3, -0.25) is 0 Å². The summed E-state index contributed by atoms with van der Waals surface area (Å²) in [5.74, 6) is -1.74. The molecule has 3 N–H and O–H groups in total. The van der Waals surface area contributed by atoms with Gasteiger partial charge in [0.05, 0.1) is 23.4 Å². The lowest BCUT2D eigenvalue weighted by molar-refractivity contribution is 0.0267. The maximum absolute atomic E-state index is 14.5. The van der Waals surface area contributed by atoms with Gasteiger partial charge in [0.1, 0.15) is 17.5 Å². The normalized spacial score (nSPS) is 25.3. The maximum atomic E-state index is 14.5. The number of aliphatic hydroxyl groups is 1. The predicted octanol–water partition coefficient (Wildman–Crippen LogP) is 4.04. The van der Waals surface area contributed by atoms with E-state index in [2.05, 4.69) is 9.71 Å². The minimum atomic E-state index is -3.70. The van der Waals surface area contributed by atoms with E-state index in [0.29, 0.717) is 42.5 Å². The summed E-state index contributed by atoms with van der Waals surface area (Å²) in [4.78, 5) is 3.06. The Morgan fingerprint density at radius 1 is 1.15 bits per heavy atom. The van der Waals surface area contributed by atoms with Gasteiger partial charge in [-0.15, -0.1) is 0 Å². The van der Waals surface area contributed by atoms with Gasteiger partial charge in [-0.1, -0.05) is 0 Å². The topological polar surface area (TPSA) is 85.4 Å². The molecule has 0 amide bonds. The van der Waals surface area contributed by atoms with Crippen molar-refractivity contribution in [2.24, 2.45) is 5.92 Å². The fourth-order valence-corrected chi connectivity index (χ4v) is 6.76. The third-order valence-corrected chi connectivity index (χ3v) is 9.02.